The lowest BCUT2D eigenvalue weighted by Crippen LogP contribution is -2.20. The van der Waals surface area contributed by atoms with Crippen LogP contribution < -0.4 is 5.32 Å². The number of benzene rings is 1. The summed E-state index contributed by atoms with van der Waals surface area (Å²) in [6.07, 6.45) is 3.41. The molecule has 0 aromatic heterocycles. The molecule has 16 heavy (non-hydrogen) atoms. The molecule has 90 valence electrons. The normalized spacial score (nSPS) is 10.6. The van der Waals surface area contributed by atoms with E-state index in [9.17, 15) is 0 Å². The molecule has 0 unspecified atom stereocenters. The molecule has 0 saturated heterocycles. The number of rotatable bonds is 8. The second-order valence-corrected chi connectivity index (χ2v) is 4.20. The van der Waals surface area contributed by atoms with Crippen molar-refractivity contribution in [1.29, 1.82) is 0 Å². The van der Waals surface area contributed by atoms with Gasteiger partial charge in [0.2, 0.25) is 0 Å². The number of aryl methyl sites for hydroxylation is 1. The monoisotopic (exact) mass is 241 g/mol. The summed E-state index contributed by atoms with van der Waals surface area (Å²) >= 11 is 6.07. The highest BCUT2D eigenvalue weighted by molar-refractivity contribution is 6.31. The van der Waals surface area contributed by atoms with E-state index in [2.05, 4.69) is 11.4 Å². The maximum absolute atomic E-state index is 6.07. The molecule has 0 atom stereocenters. The van der Waals surface area contributed by atoms with Crippen molar-refractivity contribution in [2.75, 3.05) is 26.8 Å². The van der Waals surface area contributed by atoms with Crippen molar-refractivity contribution in [3.63, 3.8) is 0 Å². The van der Waals surface area contributed by atoms with Crippen LogP contribution in [0.4, 0.5) is 0 Å². The number of halogens is 1. The molecule has 1 aromatic rings. The van der Waals surface area contributed by atoms with E-state index in [1.54, 1.807) is 7.11 Å². The quantitative estimate of drug-likeness (QED) is 0.707. The van der Waals surface area contributed by atoms with Crippen molar-refractivity contribution >= 4 is 11.6 Å². The summed E-state index contributed by atoms with van der Waals surface area (Å²) in [6, 6.07) is 8.06. The molecule has 0 aliphatic heterocycles. The molecule has 0 spiro atoms. The maximum atomic E-state index is 6.07. The van der Waals surface area contributed by atoms with Crippen LogP contribution in [0.25, 0.3) is 0 Å². The van der Waals surface area contributed by atoms with Gasteiger partial charge < -0.3 is 10.1 Å². The molecule has 0 aliphatic rings. The average molecular weight is 242 g/mol. The van der Waals surface area contributed by atoms with Crippen LogP contribution in [0.5, 0.6) is 0 Å². The summed E-state index contributed by atoms with van der Waals surface area (Å²) in [5.41, 5.74) is 1.25. The first-order valence-corrected chi connectivity index (χ1v) is 6.15. The Morgan fingerprint density at radius 1 is 1.19 bits per heavy atom. The number of ether oxygens (including phenoxy) is 1. The molecule has 0 aliphatic carbocycles. The summed E-state index contributed by atoms with van der Waals surface area (Å²) in [5.74, 6) is 0. The van der Waals surface area contributed by atoms with E-state index >= 15 is 0 Å². The van der Waals surface area contributed by atoms with Gasteiger partial charge in [0.05, 0.1) is 6.61 Å². The number of methoxy groups -OCH3 is 1. The van der Waals surface area contributed by atoms with Crippen molar-refractivity contribution < 1.29 is 4.74 Å². The molecule has 1 rings (SSSR count). The van der Waals surface area contributed by atoms with Crippen LogP contribution in [0.1, 0.15) is 18.4 Å². The fourth-order valence-electron chi connectivity index (χ4n) is 1.57. The molecule has 0 amide bonds. The highest BCUT2D eigenvalue weighted by Crippen LogP contribution is 2.16. The average Bonchev–Trinajstić information content (AvgIpc) is 2.30. The van der Waals surface area contributed by atoms with E-state index < -0.39 is 0 Å². The SMILES string of the molecule is COCCNCCCCc1ccccc1Cl. The zero-order valence-electron chi connectivity index (χ0n) is 9.84. The standard InChI is InChI=1S/C13H20ClNO/c1-16-11-10-15-9-5-4-7-12-6-2-3-8-13(12)14/h2-3,6,8,15H,4-5,7,9-11H2,1H3. The van der Waals surface area contributed by atoms with E-state index in [1.165, 1.54) is 18.4 Å². The molecule has 1 N–H and O–H groups in total. The Morgan fingerprint density at radius 3 is 2.75 bits per heavy atom. The molecule has 2 nitrogen and oxygen atoms in total. The number of hydrogen-bond donors (Lipinski definition) is 1. The van der Waals surface area contributed by atoms with E-state index in [0.717, 1.165) is 31.1 Å². The summed E-state index contributed by atoms with van der Waals surface area (Å²) in [7, 11) is 1.72. The van der Waals surface area contributed by atoms with Gasteiger partial charge in [-0.2, -0.15) is 0 Å². The van der Waals surface area contributed by atoms with Crippen molar-refractivity contribution in [2.24, 2.45) is 0 Å². The summed E-state index contributed by atoms with van der Waals surface area (Å²) in [4.78, 5) is 0. The van der Waals surface area contributed by atoms with Crippen LogP contribution in [-0.2, 0) is 11.2 Å². The van der Waals surface area contributed by atoms with Gasteiger partial charge in [0.15, 0.2) is 0 Å². The fourth-order valence-corrected chi connectivity index (χ4v) is 1.80. The Hall–Kier alpha value is -0.570. The second kappa shape index (κ2) is 8.57. The molecular formula is C13H20ClNO. The van der Waals surface area contributed by atoms with E-state index in [-0.39, 0.29) is 0 Å². The molecule has 0 fully saturated rings. The first-order valence-electron chi connectivity index (χ1n) is 5.77. The van der Waals surface area contributed by atoms with Gasteiger partial charge in [-0.3, -0.25) is 0 Å². The largest absolute Gasteiger partial charge is 0.383 e. The smallest absolute Gasteiger partial charge is 0.0587 e. The highest BCUT2D eigenvalue weighted by atomic mass is 35.5. The lowest BCUT2D eigenvalue weighted by Gasteiger charge is -2.05. The molecule has 0 saturated carbocycles. The van der Waals surface area contributed by atoms with Crippen molar-refractivity contribution in [1.82, 2.24) is 5.32 Å². The molecule has 0 radical (unpaired) electrons. The van der Waals surface area contributed by atoms with Gasteiger partial charge in [0.1, 0.15) is 0 Å². The zero-order valence-corrected chi connectivity index (χ0v) is 10.6. The number of unbranched alkanes of at least 4 members (excludes halogenated alkanes) is 1. The molecule has 0 heterocycles. The lowest BCUT2D eigenvalue weighted by molar-refractivity contribution is 0.199. The topological polar surface area (TPSA) is 21.3 Å². The van der Waals surface area contributed by atoms with Gasteiger partial charge in [0, 0.05) is 18.7 Å². The van der Waals surface area contributed by atoms with Crippen LogP contribution in [0, 0.1) is 0 Å². The van der Waals surface area contributed by atoms with Crippen LogP contribution in [0.2, 0.25) is 5.02 Å². The molecule has 3 heteroatoms. The predicted octanol–water partition coefficient (Wildman–Crippen LogP) is 2.90. The summed E-state index contributed by atoms with van der Waals surface area (Å²) < 4.78 is 4.95. The summed E-state index contributed by atoms with van der Waals surface area (Å²) in [6.45, 7) is 2.76. The van der Waals surface area contributed by atoms with E-state index in [4.69, 9.17) is 16.3 Å². The van der Waals surface area contributed by atoms with Gasteiger partial charge in [-0.1, -0.05) is 29.8 Å². The Bertz CT molecular complexity index is 291. The van der Waals surface area contributed by atoms with Crippen molar-refractivity contribution in [3.8, 4) is 0 Å². The minimum absolute atomic E-state index is 0.782. The molecular weight excluding hydrogens is 222 g/mol. The van der Waals surface area contributed by atoms with Crippen LogP contribution in [0.3, 0.4) is 0 Å². The number of nitrogens with one attached hydrogen (secondary N) is 1. The third-order valence-electron chi connectivity index (χ3n) is 2.49. The van der Waals surface area contributed by atoms with Gasteiger partial charge in [-0.25, -0.2) is 0 Å². The van der Waals surface area contributed by atoms with E-state index in [0.29, 0.717) is 0 Å². The predicted molar refractivity (Wildman–Crippen MR) is 69.1 cm³/mol. The van der Waals surface area contributed by atoms with Crippen LogP contribution in [-0.4, -0.2) is 26.8 Å². The Kier molecular flexibility index (Phi) is 7.23. The Labute approximate surface area is 103 Å². The Morgan fingerprint density at radius 2 is 2.00 bits per heavy atom. The third-order valence-corrected chi connectivity index (χ3v) is 2.86. The molecule has 0 bridgehead atoms. The second-order valence-electron chi connectivity index (χ2n) is 3.79. The number of hydrogen-bond acceptors (Lipinski definition) is 2. The van der Waals surface area contributed by atoms with Gasteiger partial charge in [-0.05, 0) is 37.4 Å². The Balaban J connectivity index is 2.05. The molecule has 1 aromatic carbocycles. The zero-order chi connectivity index (χ0) is 11.6. The van der Waals surface area contributed by atoms with Crippen LogP contribution in [0.15, 0.2) is 24.3 Å². The highest BCUT2D eigenvalue weighted by Gasteiger charge is 1.98. The first-order chi connectivity index (χ1) is 7.84. The van der Waals surface area contributed by atoms with Gasteiger partial charge in [0.25, 0.3) is 0 Å². The maximum Gasteiger partial charge on any atom is 0.0587 e. The first kappa shape index (κ1) is 13.5. The van der Waals surface area contributed by atoms with E-state index in [1.807, 2.05) is 18.2 Å². The van der Waals surface area contributed by atoms with Crippen molar-refractivity contribution in [3.05, 3.63) is 34.9 Å². The fraction of sp³-hybridized carbons (Fsp3) is 0.538. The lowest BCUT2D eigenvalue weighted by atomic mass is 10.1. The van der Waals surface area contributed by atoms with Crippen molar-refractivity contribution in [2.45, 2.75) is 19.3 Å². The van der Waals surface area contributed by atoms with Gasteiger partial charge >= 0.3 is 0 Å². The minimum Gasteiger partial charge on any atom is -0.383 e. The van der Waals surface area contributed by atoms with Crippen LogP contribution >= 0.6 is 11.6 Å². The minimum atomic E-state index is 0.782. The third kappa shape index (κ3) is 5.50. The summed E-state index contributed by atoms with van der Waals surface area (Å²) in [5, 5.41) is 4.21. The van der Waals surface area contributed by atoms with Gasteiger partial charge in [-0.15, -0.1) is 0 Å².